The van der Waals surface area contributed by atoms with E-state index in [0.717, 1.165) is 77.9 Å². The number of aliphatic carboxylic acids is 1. The highest BCUT2D eigenvalue weighted by molar-refractivity contribution is 5.78. The largest absolute Gasteiger partial charge is 0.497 e. The molecule has 3 saturated carbocycles. The van der Waals surface area contributed by atoms with Gasteiger partial charge >= 0.3 is 18.0 Å². The molecule has 12 nitrogen and oxygen atoms in total. The molecule has 0 radical (unpaired) electrons. The molecule has 11 unspecified atom stereocenters. The number of hydrogen-bond donors (Lipinski definition) is 2. The molecule has 5 aliphatic rings. The van der Waals surface area contributed by atoms with Crippen LogP contribution in [0.5, 0.6) is 11.5 Å². The molecule has 3 aromatic rings. The van der Waals surface area contributed by atoms with Gasteiger partial charge in [-0.1, -0.05) is 127 Å². The fourth-order valence-electron chi connectivity index (χ4n) is 15.1. The van der Waals surface area contributed by atoms with Crippen LogP contribution in [0.25, 0.3) is 0 Å². The molecule has 1 saturated heterocycles. The summed E-state index contributed by atoms with van der Waals surface area (Å²) in [5.74, 6) is 3.67. The van der Waals surface area contributed by atoms with Gasteiger partial charge in [-0.05, 0) is 145 Å². The van der Waals surface area contributed by atoms with Crippen molar-refractivity contribution in [3.63, 3.8) is 0 Å². The molecule has 414 valence electrons. The van der Waals surface area contributed by atoms with E-state index in [9.17, 15) is 24.3 Å². The summed E-state index contributed by atoms with van der Waals surface area (Å²) in [6.45, 7) is 13.4. The molecule has 4 aliphatic carbocycles. The highest BCUT2D eigenvalue weighted by atomic mass is 16.6. The number of fused-ring (bicyclic) bond motifs is 5. The normalized spacial score (nSPS) is 28.0. The molecule has 2 amide bonds. The van der Waals surface area contributed by atoms with E-state index < -0.39 is 29.6 Å². The summed E-state index contributed by atoms with van der Waals surface area (Å²) in [5, 5.41) is 12.4. The molecule has 0 spiro atoms. The fraction of sp³-hybridized carbons (Fsp3) is 0.625. The first-order valence-corrected chi connectivity index (χ1v) is 28.9. The number of unbranched alkanes of at least 4 members (excludes halogenated alkanes) is 2. The number of amides is 2. The molecule has 76 heavy (non-hydrogen) atoms. The zero-order valence-electron chi connectivity index (χ0n) is 46.7. The number of methoxy groups -OCH3 is 2. The second-order valence-electron chi connectivity index (χ2n) is 24.1. The lowest BCUT2D eigenvalue weighted by atomic mass is 9.47. The van der Waals surface area contributed by atoms with Gasteiger partial charge < -0.3 is 39.0 Å². The Balaban J connectivity index is 0.858. The monoisotopic (exact) mass is 1040 g/mol. The van der Waals surface area contributed by atoms with Crippen LogP contribution in [0, 0.1) is 52.3 Å². The van der Waals surface area contributed by atoms with Gasteiger partial charge in [-0.25, -0.2) is 4.79 Å². The Morgan fingerprint density at radius 3 is 2.16 bits per heavy atom. The lowest BCUT2D eigenvalue weighted by Gasteiger charge is -2.58. The number of carboxylic acid groups (broad SMARTS) is 1. The van der Waals surface area contributed by atoms with Crippen molar-refractivity contribution in [1.29, 1.82) is 0 Å². The van der Waals surface area contributed by atoms with Crippen molar-refractivity contribution in [2.45, 2.75) is 168 Å². The maximum absolute atomic E-state index is 14.2. The zero-order valence-corrected chi connectivity index (χ0v) is 46.7. The highest BCUT2D eigenvalue weighted by Gasteiger charge is 2.59. The minimum Gasteiger partial charge on any atom is -0.497 e. The van der Waals surface area contributed by atoms with E-state index in [0.29, 0.717) is 36.3 Å². The summed E-state index contributed by atoms with van der Waals surface area (Å²) in [4.78, 5) is 54.1. The van der Waals surface area contributed by atoms with Gasteiger partial charge in [0.1, 0.15) is 29.3 Å². The molecule has 0 bridgehead atoms. The van der Waals surface area contributed by atoms with Gasteiger partial charge in [-0.15, -0.1) is 0 Å². The highest BCUT2D eigenvalue weighted by Crippen LogP contribution is 2.67. The average Bonchev–Trinajstić information content (AvgIpc) is 4.18. The van der Waals surface area contributed by atoms with E-state index in [2.05, 4.69) is 46.0 Å². The third-order valence-electron chi connectivity index (χ3n) is 19.2. The Bertz CT molecular complexity index is 2440. The summed E-state index contributed by atoms with van der Waals surface area (Å²) in [7, 11) is 3.22. The molecule has 3 aromatic carbocycles. The van der Waals surface area contributed by atoms with Crippen LogP contribution in [0.3, 0.4) is 0 Å². The number of alkyl carbamates (subject to hydrolysis) is 1. The molecule has 4 fully saturated rings. The number of allylic oxidation sites excluding steroid dienone is 1. The number of rotatable bonds is 24. The molecule has 1 aliphatic heterocycles. The first-order chi connectivity index (χ1) is 36.6. The standard InChI is InChI=1S/C64H88N2O10/c1-43(2)15-14-16-44(3)53-30-31-54-52-29-24-48-39-51(34-36-62(48,4)55(52)35-37-63(53,54)5)75-61(71)65-38-13-9-12-19-58(67)66-40-56(57(41-66)76-60(70)33-32-59(68)69)64(46-17-10-8-11-18-46,47-22-27-50(73-7)28-23-47)74-42-45-20-25-49(72-6)26-21-45/h8,10-11,17-18,20-28,43-44,51-57H,9,12-16,19,29-42H2,1-7H3,(H,65,71)(H,68,69). The second kappa shape index (κ2) is 25.4. The minimum atomic E-state index is -1.24. The number of carbonyl (C=O) groups excluding carboxylic acids is 3. The van der Waals surface area contributed by atoms with E-state index in [1.54, 1.807) is 19.1 Å². The summed E-state index contributed by atoms with van der Waals surface area (Å²) in [6.07, 6.45) is 16.3. The van der Waals surface area contributed by atoms with Crippen molar-refractivity contribution in [2.24, 2.45) is 52.3 Å². The molecular weight excluding hydrogens is 957 g/mol. The maximum Gasteiger partial charge on any atom is 0.407 e. The lowest BCUT2D eigenvalue weighted by molar-refractivity contribution is -0.159. The first-order valence-electron chi connectivity index (χ1n) is 28.9. The molecule has 8 rings (SSSR count). The SMILES string of the molecule is COc1ccc(COC(c2ccccc2)(c2ccc(OC)cc2)C2CN(C(=O)CCCCCNC(=O)OC3CCC4(C)C(=CCC5C4CCC4(C)C(C(C)CCCC(C)C)CCC54)C3)CC2OC(=O)CCC(=O)O)cc1. The van der Waals surface area contributed by atoms with E-state index in [-0.39, 0.29) is 62.5 Å². The topological polar surface area (TPSA) is 150 Å². The quantitative estimate of drug-likeness (QED) is 0.0504. The molecular formula is C64H88N2O10. The number of ether oxygens (including phenoxy) is 5. The Kier molecular flexibility index (Phi) is 19.0. The number of nitrogens with one attached hydrogen (secondary N) is 1. The third kappa shape index (κ3) is 12.8. The first kappa shape index (κ1) is 56.8. The van der Waals surface area contributed by atoms with Crippen molar-refractivity contribution in [3.8, 4) is 11.5 Å². The zero-order chi connectivity index (χ0) is 54.0. The van der Waals surface area contributed by atoms with Crippen molar-refractivity contribution in [3.05, 3.63) is 107 Å². The smallest absolute Gasteiger partial charge is 0.407 e. The van der Waals surface area contributed by atoms with Crippen LogP contribution in [0.4, 0.5) is 4.79 Å². The number of nitrogens with zero attached hydrogens (tertiary/aromatic N) is 1. The van der Waals surface area contributed by atoms with Crippen LogP contribution in [-0.2, 0) is 40.8 Å². The summed E-state index contributed by atoms with van der Waals surface area (Å²) >= 11 is 0. The predicted molar refractivity (Wildman–Crippen MR) is 295 cm³/mol. The van der Waals surface area contributed by atoms with Crippen LogP contribution >= 0.6 is 0 Å². The van der Waals surface area contributed by atoms with Gasteiger partial charge in [0.05, 0.1) is 46.1 Å². The number of benzene rings is 3. The Morgan fingerprint density at radius 2 is 1.46 bits per heavy atom. The number of carboxylic acids is 1. The van der Waals surface area contributed by atoms with Gasteiger partial charge in [-0.3, -0.25) is 14.4 Å². The third-order valence-corrected chi connectivity index (χ3v) is 19.2. The summed E-state index contributed by atoms with van der Waals surface area (Å²) in [6, 6.07) is 25.0. The van der Waals surface area contributed by atoms with Crippen LogP contribution in [0.15, 0.2) is 90.5 Å². The second-order valence-corrected chi connectivity index (χ2v) is 24.1. The van der Waals surface area contributed by atoms with Gasteiger partial charge in [0, 0.05) is 25.9 Å². The van der Waals surface area contributed by atoms with Gasteiger partial charge in [0.15, 0.2) is 0 Å². The van der Waals surface area contributed by atoms with E-state index >= 15 is 0 Å². The van der Waals surface area contributed by atoms with Crippen LogP contribution in [-0.4, -0.2) is 80.0 Å². The molecule has 1 heterocycles. The van der Waals surface area contributed by atoms with Gasteiger partial charge in [-0.2, -0.15) is 0 Å². The minimum absolute atomic E-state index is 0.0854. The van der Waals surface area contributed by atoms with Crippen molar-refractivity contribution in [1.82, 2.24) is 10.2 Å². The van der Waals surface area contributed by atoms with E-state index in [1.807, 2.05) is 78.9 Å². The molecule has 0 aromatic heterocycles. The fourth-order valence-corrected chi connectivity index (χ4v) is 15.1. The Labute approximate surface area is 453 Å². The molecule has 11 atom stereocenters. The van der Waals surface area contributed by atoms with Crippen molar-refractivity contribution in [2.75, 3.05) is 33.9 Å². The molecule has 2 N–H and O–H groups in total. The predicted octanol–water partition coefficient (Wildman–Crippen LogP) is 13.1. The Hall–Kier alpha value is -5.36. The summed E-state index contributed by atoms with van der Waals surface area (Å²) in [5.41, 5.74) is 3.39. The van der Waals surface area contributed by atoms with Crippen molar-refractivity contribution >= 4 is 23.9 Å². The van der Waals surface area contributed by atoms with E-state index in [1.165, 1.54) is 56.9 Å². The maximum atomic E-state index is 14.2. The summed E-state index contributed by atoms with van der Waals surface area (Å²) < 4.78 is 30.4. The number of hydrogen-bond acceptors (Lipinski definition) is 9. The van der Waals surface area contributed by atoms with Gasteiger partial charge in [0.25, 0.3) is 0 Å². The van der Waals surface area contributed by atoms with Crippen molar-refractivity contribution < 1.29 is 48.0 Å². The average molecular weight is 1050 g/mol. The lowest BCUT2D eigenvalue weighted by Crippen LogP contribution is -2.51. The van der Waals surface area contributed by atoms with Crippen LogP contribution < -0.4 is 14.8 Å². The van der Waals surface area contributed by atoms with Gasteiger partial charge in [0.2, 0.25) is 5.91 Å². The van der Waals surface area contributed by atoms with E-state index in [4.69, 9.17) is 23.7 Å². The van der Waals surface area contributed by atoms with Crippen LogP contribution in [0.1, 0.15) is 160 Å². The Morgan fingerprint density at radius 1 is 0.750 bits per heavy atom. The number of carbonyl (C=O) groups is 4. The number of likely N-dealkylation sites (tertiary alicyclic amines) is 1. The van der Waals surface area contributed by atoms with Crippen LogP contribution in [0.2, 0.25) is 0 Å². The molecule has 12 heteroatoms. The number of esters is 1.